The molecule has 0 aliphatic carbocycles. The van der Waals surface area contributed by atoms with Crippen LogP contribution < -0.4 is 0 Å². The third kappa shape index (κ3) is 2.97. The van der Waals surface area contributed by atoms with Crippen molar-refractivity contribution < 1.29 is 4.79 Å². The maximum absolute atomic E-state index is 12.3. The zero-order chi connectivity index (χ0) is 16.4. The van der Waals surface area contributed by atoms with Crippen LogP contribution in [-0.2, 0) is 11.3 Å². The second-order valence-electron chi connectivity index (χ2n) is 5.86. The van der Waals surface area contributed by atoms with E-state index in [1.54, 1.807) is 11.8 Å². The second-order valence-corrected chi connectivity index (χ2v) is 6.93. The van der Waals surface area contributed by atoms with E-state index in [-0.39, 0.29) is 11.3 Å². The summed E-state index contributed by atoms with van der Waals surface area (Å²) in [4.78, 5) is 14.3. The van der Waals surface area contributed by atoms with Gasteiger partial charge in [0.05, 0.1) is 5.75 Å². The molecule has 1 aliphatic rings. The van der Waals surface area contributed by atoms with Crippen LogP contribution in [0.25, 0.3) is 5.69 Å². The molecule has 24 heavy (non-hydrogen) atoms. The third-order valence-electron chi connectivity index (χ3n) is 4.22. The predicted molar refractivity (Wildman–Crippen MR) is 98.0 cm³/mol. The summed E-state index contributed by atoms with van der Waals surface area (Å²) >= 11 is 1.70. The Balaban J connectivity index is 1.59. The first-order chi connectivity index (χ1) is 11.8. The summed E-state index contributed by atoms with van der Waals surface area (Å²) in [7, 11) is 0. The van der Waals surface area contributed by atoms with E-state index < -0.39 is 0 Å². The van der Waals surface area contributed by atoms with Crippen LogP contribution in [-0.4, -0.2) is 21.1 Å². The van der Waals surface area contributed by atoms with E-state index in [4.69, 9.17) is 0 Å². The second kappa shape index (κ2) is 6.57. The topological polar surface area (TPSA) is 25.2 Å². The Kier molecular flexibility index (Phi) is 4.13. The molecule has 0 radical (unpaired) electrons. The Morgan fingerprint density at radius 2 is 1.67 bits per heavy atom. The molecular formula is C20H18N2OS. The van der Waals surface area contributed by atoms with Gasteiger partial charge in [-0.3, -0.25) is 4.79 Å². The molecule has 1 aliphatic heterocycles. The van der Waals surface area contributed by atoms with Crippen molar-refractivity contribution in [2.24, 2.45) is 0 Å². The Hall–Kier alpha value is -2.46. The standard InChI is InChI=1S/C20H18N2OS/c23-19-15-24-20(22(19)13-16-7-3-1-4-8-16)17-11-12-21(14-17)18-9-5-2-6-10-18/h1-12,14,20H,13,15H2. The highest BCUT2D eigenvalue weighted by Crippen LogP contribution is 2.39. The quantitative estimate of drug-likeness (QED) is 0.712. The number of benzene rings is 2. The lowest BCUT2D eigenvalue weighted by molar-refractivity contribution is -0.128. The van der Waals surface area contributed by atoms with Gasteiger partial charge < -0.3 is 9.47 Å². The lowest BCUT2D eigenvalue weighted by Crippen LogP contribution is -2.27. The van der Waals surface area contributed by atoms with Crippen molar-refractivity contribution in [3.63, 3.8) is 0 Å². The number of thioether (sulfide) groups is 1. The molecule has 120 valence electrons. The Morgan fingerprint density at radius 3 is 2.42 bits per heavy atom. The highest BCUT2D eigenvalue weighted by molar-refractivity contribution is 8.00. The van der Waals surface area contributed by atoms with Crippen LogP contribution in [0.5, 0.6) is 0 Å². The summed E-state index contributed by atoms with van der Waals surface area (Å²) in [6, 6.07) is 22.5. The van der Waals surface area contributed by atoms with Crippen molar-refractivity contribution in [3.05, 3.63) is 90.3 Å². The summed E-state index contributed by atoms with van der Waals surface area (Å²) in [6.45, 7) is 0.661. The van der Waals surface area contributed by atoms with Crippen LogP contribution in [0.4, 0.5) is 0 Å². The summed E-state index contributed by atoms with van der Waals surface area (Å²) in [5.41, 5.74) is 3.47. The summed E-state index contributed by atoms with van der Waals surface area (Å²) in [5.74, 6) is 0.759. The number of amides is 1. The first kappa shape index (κ1) is 15.1. The molecular weight excluding hydrogens is 316 g/mol. The SMILES string of the molecule is O=C1CSC(c2ccn(-c3ccccc3)c2)N1Cc1ccccc1. The zero-order valence-corrected chi connectivity index (χ0v) is 14.0. The van der Waals surface area contributed by atoms with Crippen molar-refractivity contribution in [2.45, 2.75) is 11.9 Å². The maximum atomic E-state index is 12.3. The summed E-state index contributed by atoms with van der Waals surface area (Å²) < 4.78 is 2.11. The lowest BCUT2D eigenvalue weighted by Gasteiger charge is -2.23. The molecule has 1 amide bonds. The fourth-order valence-corrected chi connectivity index (χ4v) is 4.17. The van der Waals surface area contributed by atoms with Crippen LogP contribution in [0.15, 0.2) is 79.1 Å². The average molecular weight is 334 g/mol. The fraction of sp³-hybridized carbons (Fsp3) is 0.150. The van der Waals surface area contributed by atoms with Gasteiger partial charge >= 0.3 is 0 Å². The Labute approximate surface area is 145 Å². The molecule has 0 saturated carbocycles. The fourth-order valence-electron chi connectivity index (χ4n) is 3.00. The van der Waals surface area contributed by atoms with Gasteiger partial charge in [-0.1, -0.05) is 48.5 Å². The molecule has 3 nitrogen and oxygen atoms in total. The molecule has 2 aromatic carbocycles. The molecule has 3 aromatic rings. The largest absolute Gasteiger partial charge is 0.323 e. The van der Waals surface area contributed by atoms with E-state index >= 15 is 0 Å². The highest BCUT2D eigenvalue weighted by atomic mass is 32.2. The van der Waals surface area contributed by atoms with Crippen molar-refractivity contribution in [1.82, 2.24) is 9.47 Å². The Morgan fingerprint density at radius 1 is 0.958 bits per heavy atom. The molecule has 0 spiro atoms. The van der Waals surface area contributed by atoms with Crippen LogP contribution in [0.3, 0.4) is 0 Å². The number of carbonyl (C=O) groups is 1. The van der Waals surface area contributed by atoms with Gasteiger partial charge in [0.25, 0.3) is 0 Å². The molecule has 4 heteroatoms. The van der Waals surface area contributed by atoms with Gasteiger partial charge in [0, 0.05) is 30.2 Å². The molecule has 1 unspecified atom stereocenters. The van der Waals surface area contributed by atoms with E-state index in [1.165, 1.54) is 11.1 Å². The van der Waals surface area contributed by atoms with Crippen LogP contribution in [0.1, 0.15) is 16.5 Å². The van der Waals surface area contributed by atoms with Crippen LogP contribution in [0, 0.1) is 0 Å². The van der Waals surface area contributed by atoms with Crippen LogP contribution in [0.2, 0.25) is 0 Å². The maximum Gasteiger partial charge on any atom is 0.234 e. The van der Waals surface area contributed by atoms with Crippen molar-refractivity contribution >= 4 is 17.7 Å². The lowest BCUT2D eigenvalue weighted by atomic mass is 10.2. The molecule has 2 heterocycles. The minimum atomic E-state index is 0.0858. The number of hydrogen-bond donors (Lipinski definition) is 0. The molecule has 1 aromatic heterocycles. The molecule has 1 atom stereocenters. The molecule has 4 rings (SSSR count). The number of rotatable bonds is 4. The highest BCUT2D eigenvalue weighted by Gasteiger charge is 2.33. The first-order valence-corrected chi connectivity index (χ1v) is 9.04. The van der Waals surface area contributed by atoms with Crippen molar-refractivity contribution in [1.29, 1.82) is 0 Å². The summed E-state index contributed by atoms with van der Waals surface area (Å²) in [6.07, 6.45) is 4.19. The van der Waals surface area contributed by atoms with Gasteiger partial charge in [-0.15, -0.1) is 11.8 Å². The Bertz CT molecular complexity index is 829. The van der Waals surface area contributed by atoms with Gasteiger partial charge in [-0.05, 0) is 23.8 Å². The van der Waals surface area contributed by atoms with E-state index in [0.29, 0.717) is 12.3 Å². The molecule has 1 fully saturated rings. The molecule has 0 bridgehead atoms. The minimum Gasteiger partial charge on any atom is -0.323 e. The van der Waals surface area contributed by atoms with Gasteiger partial charge in [0.1, 0.15) is 5.37 Å². The number of carbonyl (C=O) groups excluding carboxylic acids is 1. The van der Waals surface area contributed by atoms with E-state index in [0.717, 1.165) is 5.69 Å². The number of nitrogens with zero attached hydrogens (tertiary/aromatic N) is 2. The predicted octanol–water partition coefficient (Wildman–Crippen LogP) is 4.25. The van der Waals surface area contributed by atoms with Gasteiger partial charge in [0.15, 0.2) is 0 Å². The van der Waals surface area contributed by atoms with E-state index in [2.05, 4.69) is 47.3 Å². The van der Waals surface area contributed by atoms with Gasteiger partial charge in [-0.25, -0.2) is 0 Å². The molecule has 0 N–H and O–H groups in total. The smallest absolute Gasteiger partial charge is 0.234 e. The van der Waals surface area contributed by atoms with Gasteiger partial charge in [0.2, 0.25) is 5.91 Å². The monoisotopic (exact) mass is 334 g/mol. The molecule has 1 saturated heterocycles. The summed E-state index contributed by atoms with van der Waals surface area (Å²) in [5, 5.41) is 0.0858. The number of hydrogen-bond acceptors (Lipinski definition) is 2. The van der Waals surface area contributed by atoms with E-state index in [9.17, 15) is 4.79 Å². The van der Waals surface area contributed by atoms with Crippen molar-refractivity contribution in [3.8, 4) is 5.69 Å². The first-order valence-electron chi connectivity index (χ1n) is 7.99. The number of aromatic nitrogens is 1. The number of para-hydroxylation sites is 1. The normalized spacial score (nSPS) is 17.4. The van der Waals surface area contributed by atoms with E-state index in [1.807, 2.05) is 41.3 Å². The zero-order valence-electron chi connectivity index (χ0n) is 13.2. The van der Waals surface area contributed by atoms with Crippen LogP contribution >= 0.6 is 11.8 Å². The van der Waals surface area contributed by atoms with Crippen molar-refractivity contribution in [2.75, 3.05) is 5.75 Å². The average Bonchev–Trinajstić information content (AvgIpc) is 3.25. The third-order valence-corrected chi connectivity index (χ3v) is 5.48. The van der Waals surface area contributed by atoms with Gasteiger partial charge in [-0.2, -0.15) is 0 Å². The minimum absolute atomic E-state index is 0.0858.